The first-order valence-electron chi connectivity index (χ1n) is 5.87. The Morgan fingerprint density at radius 3 is 2.67 bits per heavy atom. The Hall–Kier alpha value is -0.990. The van der Waals surface area contributed by atoms with E-state index in [0.717, 1.165) is 25.9 Å². The van der Waals surface area contributed by atoms with Crippen LogP contribution in [0.5, 0.6) is 0 Å². The molecule has 0 spiro atoms. The first-order chi connectivity index (χ1) is 8.58. The lowest BCUT2D eigenvalue weighted by Crippen LogP contribution is -1.91. The van der Waals surface area contributed by atoms with Gasteiger partial charge < -0.3 is 4.42 Å². The van der Waals surface area contributed by atoms with E-state index in [1.165, 1.54) is 10.9 Å². The monoisotopic (exact) mass is 322 g/mol. The van der Waals surface area contributed by atoms with Crippen LogP contribution in [0.1, 0.15) is 25.3 Å². The average Bonchev–Trinajstić information content (AvgIpc) is 2.67. The van der Waals surface area contributed by atoms with Gasteiger partial charge >= 0.3 is 0 Å². The third kappa shape index (κ3) is 1.75. The Labute approximate surface area is 119 Å². The Kier molecular flexibility index (Phi) is 2.87. The van der Waals surface area contributed by atoms with Gasteiger partial charge in [0.15, 0.2) is 0 Å². The summed E-state index contributed by atoms with van der Waals surface area (Å²) in [6.45, 7) is 4.36. The molecule has 0 amide bonds. The highest BCUT2D eigenvalue weighted by atomic mass is 79.9. The van der Waals surface area contributed by atoms with Crippen LogP contribution >= 0.6 is 27.5 Å². The zero-order valence-electron chi connectivity index (χ0n) is 10.1. The van der Waals surface area contributed by atoms with Gasteiger partial charge in [0.1, 0.15) is 11.8 Å². The fraction of sp³-hybridized carbons (Fsp3) is 0.200. The number of furan rings is 1. The van der Waals surface area contributed by atoms with Crippen LogP contribution < -0.4 is 0 Å². The summed E-state index contributed by atoms with van der Waals surface area (Å²) in [6.07, 6.45) is 1.75. The summed E-state index contributed by atoms with van der Waals surface area (Å²) in [5, 5.41) is 4.23. The minimum absolute atomic E-state index is 0.399. The third-order valence-corrected chi connectivity index (χ3v) is 4.06. The van der Waals surface area contributed by atoms with E-state index in [2.05, 4.69) is 41.9 Å². The van der Waals surface area contributed by atoms with Gasteiger partial charge in [-0.25, -0.2) is 0 Å². The van der Waals surface area contributed by atoms with E-state index in [9.17, 15) is 0 Å². The normalized spacial score (nSPS) is 11.8. The zero-order valence-corrected chi connectivity index (χ0v) is 12.5. The maximum atomic E-state index is 6.08. The lowest BCUT2D eigenvalue weighted by molar-refractivity contribution is 0.606. The van der Waals surface area contributed by atoms with Crippen molar-refractivity contribution >= 4 is 49.3 Å². The summed E-state index contributed by atoms with van der Waals surface area (Å²) in [6, 6.07) is 8.13. The van der Waals surface area contributed by atoms with E-state index < -0.39 is 0 Å². The molecule has 0 saturated heterocycles. The molecule has 92 valence electrons. The minimum atomic E-state index is 0.399. The molecule has 1 aromatic heterocycles. The summed E-state index contributed by atoms with van der Waals surface area (Å²) in [7, 11) is 0. The number of rotatable bonds is 1. The van der Waals surface area contributed by atoms with Crippen molar-refractivity contribution in [2.75, 3.05) is 0 Å². The molecule has 0 aliphatic carbocycles. The highest BCUT2D eigenvalue weighted by Crippen LogP contribution is 2.38. The van der Waals surface area contributed by atoms with Crippen molar-refractivity contribution in [3.8, 4) is 0 Å². The summed E-state index contributed by atoms with van der Waals surface area (Å²) < 4.78 is 6.69. The minimum Gasteiger partial charge on any atom is -0.463 e. The molecule has 2 aromatic carbocycles. The Bertz CT molecular complexity index is 743. The zero-order chi connectivity index (χ0) is 12.9. The van der Waals surface area contributed by atoms with Crippen LogP contribution in [0.25, 0.3) is 21.7 Å². The Balaban J connectivity index is 2.55. The van der Waals surface area contributed by atoms with Crippen molar-refractivity contribution < 1.29 is 4.42 Å². The van der Waals surface area contributed by atoms with Crippen LogP contribution in [0, 0.1) is 0 Å². The van der Waals surface area contributed by atoms with Gasteiger partial charge in [-0.15, -0.1) is 0 Å². The standard InChI is InChI=1S/C15H12BrClO/c1-8(2)14-11-4-3-10(17)5-9(11)6-12-13(16)7-18-15(12)14/h3-8H,1-2H3. The summed E-state index contributed by atoms with van der Waals surface area (Å²) >= 11 is 9.61. The molecule has 1 heterocycles. The molecule has 0 N–H and O–H groups in total. The molecular weight excluding hydrogens is 312 g/mol. The molecule has 18 heavy (non-hydrogen) atoms. The Morgan fingerprint density at radius 1 is 1.17 bits per heavy atom. The highest BCUT2D eigenvalue weighted by Gasteiger charge is 2.15. The quantitative estimate of drug-likeness (QED) is 0.525. The van der Waals surface area contributed by atoms with Crippen molar-refractivity contribution in [2.24, 2.45) is 0 Å². The Morgan fingerprint density at radius 2 is 1.94 bits per heavy atom. The number of hydrogen-bond acceptors (Lipinski definition) is 1. The van der Waals surface area contributed by atoms with Gasteiger partial charge in [0.2, 0.25) is 0 Å². The second-order valence-corrected chi connectivity index (χ2v) is 6.06. The SMILES string of the molecule is CC(C)c1c2ccc(Cl)cc2cc2c(Br)coc12. The van der Waals surface area contributed by atoms with E-state index in [1.54, 1.807) is 6.26 Å². The lowest BCUT2D eigenvalue weighted by Gasteiger charge is -2.11. The van der Waals surface area contributed by atoms with Crippen LogP contribution in [0.3, 0.4) is 0 Å². The molecule has 0 saturated carbocycles. The predicted octanol–water partition coefficient (Wildman–Crippen LogP) is 6.13. The second kappa shape index (κ2) is 4.29. The van der Waals surface area contributed by atoms with Crippen LogP contribution in [-0.2, 0) is 0 Å². The van der Waals surface area contributed by atoms with Gasteiger partial charge in [-0.05, 0) is 50.8 Å². The van der Waals surface area contributed by atoms with Crippen molar-refractivity contribution in [3.63, 3.8) is 0 Å². The maximum absolute atomic E-state index is 6.08. The van der Waals surface area contributed by atoms with Crippen molar-refractivity contribution in [1.82, 2.24) is 0 Å². The maximum Gasteiger partial charge on any atom is 0.139 e. The van der Waals surface area contributed by atoms with Crippen molar-refractivity contribution in [1.29, 1.82) is 0 Å². The lowest BCUT2D eigenvalue weighted by atomic mass is 9.94. The molecular formula is C15H12BrClO. The molecule has 0 atom stereocenters. The van der Waals surface area contributed by atoms with Crippen LogP contribution in [-0.4, -0.2) is 0 Å². The van der Waals surface area contributed by atoms with Gasteiger partial charge in [0, 0.05) is 16.0 Å². The van der Waals surface area contributed by atoms with Gasteiger partial charge in [0.25, 0.3) is 0 Å². The van der Waals surface area contributed by atoms with Gasteiger partial charge in [-0.2, -0.15) is 0 Å². The molecule has 0 fully saturated rings. The van der Waals surface area contributed by atoms with Crippen LogP contribution in [0.15, 0.2) is 39.4 Å². The first kappa shape index (κ1) is 12.1. The van der Waals surface area contributed by atoms with E-state index >= 15 is 0 Å². The molecule has 1 nitrogen and oxygen atoms in total. The van der Waals surface area contributed by atoms with Crippen molar-refractivity contribution in [3.05, 3.63) is 45.6 Å². The molecule has 3 heteroatoms. The summed E-state index contributed by atoms with van der Waals surface area (Å²) in [4.78, 5) is 0. The molecule has 0 bridgehead atoms. The molecule has 0 unspecified atom stereocenters. The van der Waals surface area contributed by atoms with Gasteiger partial charge in [0.05, 0.1) is 4.47 Å². The number of fused-ring (bicyclic) bond motifs is 2. The highest BCUT2D eigenvalue weighted by molar-refractivity contribution is 9.10. The topological polar surface area (TPSA) is 13.1 Å². The molecule has 3 aromatic rings. The molecule has 0 radical (unpaired) electrons. The molecule has 3 rings (SSSR count). The van der Waals surface area contributed by atoms with Gasteiger partial charge in [-0.1, -0.05) is 31.5 Å². The first-order valence-corrected chi connectivity index (χ1v) is 7.04. The number of benzene rings is 2. The van der Waals surface area contributed by atoms with Crippen LogP contribution in [0.2, 0.25) is 5.02 Å². The largest absolute Gasteiger partial charge is 0.463 e. The fourth-order valence-corrected chi connectivity index (χ4v) is 3.01. The fourth-order valence-electron chi connectivity index (χ4n) is 2.44. The van der Waals surface area contributed by atoms with E-state index in [1.807, 2.05) is 12.1 Å². The van der Waals surface area contributed by atoms with Crippen molar-refractivity contribution in [2.45, 2.75) is 19.8 Å². The third-order valence-electron chi connectivity index (χ3n) is 3.21. The van der Waals surface area contributed by atoms with E-state index in [0.29, 0.717) is 5.92 Å². The van der Waals surface area contributed by atoms with E-state index in [-0.39, 0.29) is 0 Å². The number of halogens is 2. The van der Waals surface area contributed by atoms with E-state index in [4.69, 9.17) is 16.0 Å². The second-order valence-electron chi connectivity index (χ2n) is 4.77. The molecule has 0 aliphatic heterocycles. The molecule has 0 aliphatic rings. The van der Waals surface area contributed by atoms with Gasteiger partial charge in [-0.3, -0.25) is 0 Å². The summed E-state index contributed by atoms with van der Waals surface area (Å²) in [5.41, 5.74) is 2.21. The predicted molar refractivity (Wildman–Crippen MR) is 80.5 cm³/mol. The average molecular weight is 324 g/mol. The number of hydrogen-bond donors (Lipinski definition) is 0. The summed E-state index contributed by atoms with van der Waals surface area (Å²) in [5.74, 6) is 0.399. The smallest absolute Gasteiger partial charge is 0.139 e. The van der Waals surface area contributed by atoms with Crippen LogP contribution in [0.4, 0.5) is 0 Å².